The first kappa shape index (κ1) is 18.5. The van der Waals surface area contributed by atoms with E-state index in [0.29, 0.717) is 6.54 Å². The molecule has 9 heteroatoms. The van der Waals surface area contributed by atoms with Crippen molar-refractivity contribution >= 4 is 11.9 Å². The molecule has 2 rings (SSSR count). The quantitative estimate of drug-likeness (QED) is 0.865. The number of carboxylic acids is 1. The van der Waals surface area contributed by atoms with Crippen molar-refractivity contribution in [2.45, 2.75) is 19.5 Å². The number of aromatic nitrogens is 2. The Morgan fingerprint density at radius 1 is 1.28 bits per heavy atom. The molecule has 1 aromatic carbocycles. The SMILES string of the molecule is CCN(CCC(=O)O)C(=O)c1ccn(-c2cccc(C(F)(F)F)c2)n1. The van der Waals surface area contributed by atoms with Gasteiger partial charge in [0.05, 0.1) is 17.7 Å². The van der Waals surface area contributed by atoms with Crippen LogP contribution in [0.2, 0.25) is 0 Å². The van der Waals surface area contributed by atoms with Gasteiger partial charge in [0, 0.05) is 19.3 Å². The summed E-state index contributed by atoms with van der Waals surface area (Å²) in [6.07, 6.45) is -3.29. The van der Waals surface area contributed by atoms with Crippen LogP contribution in [0.15, 0.2) is 36.5 Å². The highest BCUT2D eigenvalue weighted by Crippen LogP contribution is 2.30. The van der Waals surface area contributed by atoms with Gasteiger partial charge in [0.15, 0.2) is 5.69 Å². The fourth-order valence-electron chi connectivity index (χ4n) is 2.20. The molecule has 1 N–H and O–H groups in total. The van der Waals surface area contributed by atoms with E-state index in [1.807, 2.05) is 0 Å². The molecular weight excluding hydrogens is 339 g/mol. The highest BCUT2D eigenvalue weighted by molar-refractivity contribution is 5.92. The maximum Gasteiger partial charge on any atom is 0.416 e. The molecule has 0 unspecified atom stereocenters. The summed E-state index contributed by atoms with van der Waals surface area (Å²) in [5.41, 5.74) is -0.614. The number of rotatable bonds is 6. The number of benzene rings is 1. The highest BCUT2D eigenvalue weighted by atomic mass is 19.4. The van der Waals surface area contributed by atoms with E-state index in [1.54, 1.807) is 6.92 Å². The van der Waals surface area contributed by atoms with Crippen molar-refractivity contribution in [3.05, 3.63) is 47.8 Å². The first-order valence-electron chi connectivity index (χ1n) is 7.46. The van der Waals surface area contributed by atoms with Crippen LogP contribution in [0.1, 0.15) is 29.4 Å². The molecule has 0 atom stereocenters. The molecule has 0 aliphatic carbocycles. The standard InChI is InChI=1S/C16H16F3N3O3/c1-2-21(8-7-14(23)24)15(25)13-6-9-22(20-13)12-5-3-4-11(10-12)16(17,18)19/h3-6,9-10H,2,7-8H2,1H3,(H,23,24). The van der Waals surface area contributed by atoms with Crippen molar-refractivity contribution in [3.8, 4) is 5.69 Å². The van der Waals surface area contributed by atoms with Crippen LogP contribution in [-0.2, 0) is 11.0 Å². The van der Waals surface area contributed by atoms with E-state index in [9.17, 15) is 22.8 Å². The van der Waals surface area contributed by atoms with Crippen molar-refractivity contribution in [3.63, 3.8) is 0 Å². The monoisotopic (exact) mass is 355 g/mol. The van der Waals surface area contributed by atoms with Gasteiger partial charge in [-0.3, -0.25) is 9.59 Å². The van der Waals surface area contributed by atoms with Crippen molar-refractivity contribution in [2.24, 2.45) is 0 Å². The van der Waals surface area contributed by atoms with Gasteiger partial charge in [-0.2, -0.15) is 18.3 Å². The van der Waals surface area contributed by atoms with Crippen LogP contribution < -0.4 is 0 Å². The molecule has 6 nitrogen and oxygen atoms in total. The molecule has 2 aromatic rings. The van der Waals surface area contributed by atoms with E-state index in [2.05, 4.69) is 5.10 Å². The van der Waals surface area contributed by atoms with Gasteiger partial charge >= 0.3 is 12.1 Å². The number of amides is 1. The fourth-order valence-corrected chi connectivity index (χ4v) is 2.20. The molecule has 0 fully saturated rings. The van der Waals surface area contributed by atoms with Crippen LogP contribution in [0, 0.1) is 0 Å². The smallest absolute Gasteiger partial charge is 0.416 e. The van der Waals surface area contributed by atoms with Gasteiger partial charge in [-0.25, -0.2) is 4.68 Å². The summed E-state index contributed by atoms with van der Waals surface area (Å²) in [6, 6.07) is 5.96. The van der Waals surface area contributed by atoms with Crippen molar-refractivity contribution in [2.75, 3.05) is 13.1 Å². The molecule has 0 saturated heterocycles. The summed E-state index contributed by atoms with van der Waals surface area (Å²) >= 11 is 0. The zero-order chi connectivity index (χ0) is 18.6. The van der Waals surface area contributed by atoms with Gasteiger partial charge < -0.3 is 10.0 Å². The van der Waals surface area contributed by atoms with E-state index in [4.69, 9.17) is 5.11 Å². The molecule has 1 amide bonds. The third-order valence-electron chi connectivity index (χ3n) is 3.51. The van der Waals surface area contributed by atoms with Crippen LogP contribution in [0.25, 0.3) is 5.69 Å². The van der Waals surface area contributed by atoms with Crippen molar-refractivity contribution < 1.29 is 27.9 Å². The number of carbonyl (C=O) groups excluding carboxylic acids is 1. The van der Waals surface area contributed by atoms with E-state index < -0.39 is 23.6 Å². The average Bonchev–Trinajstić information content (AvgIpc) is 3.04. The first-order chi connectivity index (χ1) is 11.7. The molecule has 0 aliphatic heterocycles. The van der Waals surface area contributed by atoms with Crippen molar-refractivity contribution in [1.82, 2.24) is 14.7 Å². The molecule has 0 aliphatic rings. The minimum absolute atomic E-state index is 0.0289. The Labute approximate surface area is 141 Å². The molecule has 1 heterocycles. The minimum atomic E-state index is -4.47. The highest BCUT2D eigenvalue weighted by Gasteiger charge is 2.30. The lowest BCUT2D eigenvalue weighted by Crippen LogP contribution is -2.33. The Kier molecular flexibility index (Phi) is 5.45. The van der Waals surface area contributed by atoms with E-state index in [-0.39, 0.29) is 24.3 Å². The third-order valence-corrected chi connectivity index (χ3v) is 3.51. The summed E-state index contributed by atoms with van der Waals surface area (Å²) in [5.74, 6) is -1.50. The second kappa shape index (κ2) is 7.37. The van der Waals surface area contributed by atoms with Gasteiger partial charge in [-0.05, 0) is 31.2 Å². The van der Waals surface area contributed by atoms with E-state index >= 15 is 0 Å². The Morgan fingerprint density at radius 3 is 2.60 bits per heavy atom. The maximum absolute atomic E-state index is 12.8. The predicted octanol–water partition coefficient (Wildman–Crippen LogP) is 2.83. The lowest BCUT2D eigenvalue weighted by molar-refractivity contribution is -0.138. The number of halogens is 3. The lowest BCUT2D eigenvalue weighted by atomic mass is 10.2. The topological polar surface area (TPSA) is 75.4 Å². The van der Waals surface area contributed by atoms with Gasteiger partial charge in [-0.15, -0.1) is 0 Å². The van der Waals surface area contributed by atoms with Crippen LogP contribution in [0.4, 0.5) is 13.2 Å². The number of hydrogen-bond donors (Lipinski definition) is 1. The number of aliphatic carboxylic acids is 1. The van der Waals surface area contributed by atoms with Crippen LogP contribution >= 0.6 is 0 Å². The molecule has 0 bridgehead atoms. The predicted molar refractivity (Wildman–Crippen MR) is 82.4 cm³/mol. The first-order valence-corrected chi connectivity index (χ1v) is 7.46. The molecule has 134 valence electrons. The molecule has 0 spiro atoms. The van der Waals surface area contributed by atoms with Crippen LogP contribution in [0.5, 0.6) is 0 Å². The Morgan fingerprint density at radius 2 is 2.00 bits per heavy atom. The lowest BCUT2D eigenvalue weighted by Gasteiger charge is -2.18. The fraction of sp³-hybridized carbons (Fsp3) is 0.312. The summed E-state index contributed by atoms with van der Waals surface area (Å²) < 4.78 is 39.5. The summed E-state index contributed by atoms with van der Waals surface area (Å²) in [6.45, 7) is 2.02. The Hall–Kier alpha value is -2.84. The second-order valence-corrected chi connectivity index (χ2v) is 5.22. The average molecular weight is 355 g/mol. The number of carbonyl (C=O) groups is 2. The Bertz CT molecular complexity index is 771. The van der Waals surface area contributed by atoms with Crippen molar-refractivity contribution in [1.29, 1.82) is 0 Å². The molecule has 25 heavy (non-hydrogen) atoms. The number of alkyl halides is 3. The van der Waals surface area contributed by atoms with E-state index in [0.717, 1.165) is 12.1 Å². The van der Waals surface area contributed by atoms with Crippen LogP contribution in [0.3, 0.4) is 0 Å². The zero-order valence-electron chi connectivity index (χ0n) is 13.3. The summed E-state index contributed by atoms with van der Waals surface area (Å²) in [7, 11) is 0. The second-order valence-electron chi connectivity index (χ2n) is 5.22. The minimum Gasteiger partial charge on any atom is -0.481 e. The number of nitrogens with zero attached hydrogens (tertiary/aromatic N) is 3. The van der Waals surface area contributed by atoms with Gasteiger partial charge in [-0.1, -0.05) is 6.07 Å². The molecule has 1 aromatic heterocycles. The van der Waals surface area contributed by atoms with Gasteiger partial charge in [0.1, 0.15) is 0 Å². The molecular formula is C16H16F3N3O3. The number of hydrogen-bond acceptors (Lipinski definition) is 3. The third kappa shape index (κ3) is 4.59. The zero-order valence-corrected chi connectivity index (χ0v) is 13.3. The molecule has 0 radical (unpaired) electrons. The largest absolute Gasteiger partial charge is 0.481 e. The number of carboxylic acid groups (broad SMARTS) is 1. The summed E-state index contributed by atoms with van der Waals surface area (Å²) in [5, 5.41) is 12.7. The Balaban J connectivity index is 2.22. The maximum atomic E-state index is 12.8. The van der Waals surface area contributed by atoms with Gasteiger partial charge in [0.2, 0.25) is 0 Å². The van der Waals surface area contributed by atoms with Gasteiger partial charge in [0.25, 0.3) is 5.91 Å². The van der Waals surface area contributed by atoms with E-state index in [1.165, 1.54) is 34.0 Å². The summed E-state index contributed by atoms with van der Waals surface area (Å²) in [4.78, 5) is 24.3. The molecule has 0 saturated carbocycles. The normalized spacial score (nSPS) is 11.4. The van der Waals surface area contributed by atoms with Crippen LogP contribution in [-0.4, -0.2) is 44.8 Å².